The number of amides is 1. The molecule has 0 aromatic heterocycles. The first kappa shape index (κ1) is 16.7. The monoisotopic (exact) mass is 362 g/mol. The highest BCUT2D eigenvalue weighted by atomic mass is 127. The fourth-order valence-electron chi connectivity index (χ4n) is 1.31. The molecule has 1 amide bonds. The Bertz CT molecular complexity index is 420. The number of hydrogen-bond donors (Lipinski definition) is 3. The van der Waals surface area contributed by atoms with Gasteiger partial charge in [-0.25, -0.2) is 4.99 Å². The standard InChI is InChI=1S/C12H18N4O.HI/c1-2-6-15-12(14)16-8-9-4-3-5-10(7-9)11(13)17;/h3-5,7H,2,6,8H2,1H3,(H2,13,17)(H3,14,15,16);1H. The van der Waals surface area contributed by atoms with E-state index in [9.17, 15) is 4.79 Å². The molecule has 0 aliphatic rings. The quantitative estimate of drug-likeness (QED) is 0.418. The smallest absolute Gasteiger partial charge is 0.248 e. The molecule has 5 nitrogen and oxygen atoms in total. The minimum Gasteiger partial charge on any atom is -0.370 e. The van der Waals surface area contributed by atoms with E-state index in [1.165, 1.54) is 0 Å². The zero-order chi connectivity index (χ0) is 12.7. The van der Waals surface area contributed by atoms with Gasteiger partial charge in [-0.3, -0.25) is 4.79 Å². The summed E-state index contributed by atoms with van der Waals surface area (Å²) < 4.78 is 0. The van der Waals surface area contributed by atoms with E-state index in [-0.39, 0.29) is 24.0 Å². The van der Waals surface area contributed by atoms with Gasteiger partial charge in [0.25, 0.3) is 0 Å². The van der Waals surface area contributed by atoms with Gasteiger partial charge in [0.05, 0.1) is 6.54 Å². The number of halogens is 1. The van der Waals surface area contributed by atoms with Crippen LogP contribution in [0.25, 0.3) is 0 Å². The normalized spacial score (nSPS) is 10.6. The minimum absolute atomic E-state index is 0. The van der Waals surface area contributed by atoms with E-state index in [0.717, 1.165) is 18.5 Å². The molecule has 0 saturated heterocycles. The molecule has 0 saturated carbocycles. The van der Waals surface area contributed by atoms with Gasteiger partial charge in [-0.15, -0.1) is 24.0 Å². The maximum Gasteiger partial charge on any atom is 0.248 e. The summed E-state index contributed by atoms with van der Waals surface area (Å²) in [6.45, 7) is 3.29. The summed E-state index contributed by atoms with van der Waals surface area (Å²) in [5, 5.41) is 2.98. The van der Waals surface area contributed by atoms with Crippen molar-refractivity contribution in [2.24, 2.45) is 16.5 Å². The van der Waals surface area contributed by atoms with Gasteiger partial charge in [0.1, 0.15) is 0 Å². The largest absolute Gasteiger partial charge is 0.370 e. The Kier molecular flexibility index (Phi) is 8.10. The molecule has 0 heterocycles. The van der Waals surface area contributed by atoms with E-state index in [1.807, 2.05) is 6.07 Å². The lowest BCUT2D eigenvalue weighted by Gasteiger charge is -2.04. The molecular formula is C12H19IN4O. The van der Waals surface area contributed by atoms with Crippen LogP contribution in [0.1, 0.15) is 29.3 Å². The number of nitrogens with two attached hydrogens (primary N) is 2. The predicted molar refractivity (Wildman–Crippen MR) is 84.0 cm³/mol. The van der Waals surface area contributed by atoms with E-state index in [4.69, 9.17) is 11.5 Å². The summed E-state index contributed by atoms with van der Waals surface area (Å²) in [6.07, 6.45) is 0.993. The average molecular weight is 362 g/mol. The second-order valence-corrected chi connectivity index (χ2v) is 3.69. The van der Waals surface area contributed by atoms with Crippen LogP contribution in [0.2, 0.25) is 0 Å². The van der Waals surface area contributed by atoms with Crippen LogP contribution in [-0.2, 0) is 6.54 Å². The third-order valence-corrected chi connectivity index (χ3v) is 2.20. The number of hydrogen-bond acceptors (Lipinski definition) is 2. The van der Waals surface area contributed by atoms with Gasteiger partial charge >= 0.3 is 0 Å². The van der Waals surface area contributed by atoms with Crippen LogP contribution in [0.4, 0.5) is 0 Å². The third kappa shape index (κ3) is 5.85. The Morgan fingerprint density at radius 1 is 1.39 bits per heavy atom. The van der Waals surface area contributed by atoms with Crippen molar-refractivity contribution in [1.29, 1.82) is 0 Å². The van der Waals surface area contributed by atoms with Gasteiger partial charge in [0.2, 0.25) is 5.91 Å². The molecule has 1 rings (SSSR count). The molecule has 0 aliphatic heterocycles. The molecule has 0 bridgehead atoms. The highest BCUT2D eigenvalue weighted by Gasteiger charge is 2.00. The Hall–Kier alpha value is -1.31. The van der Waals surface area contributed by atoms with Gasteiger partial charge in [-0.1, -0.05) is 19.1 Å². The van der Waals surface area contributed by atoms with Crippen LogP contribution >= 0.6 is 24.0 Å². The molecule has 0 unspecified atom stereocenters. The molecular weight excluding hydrogens is 343 g/mol. The minimum atomic E-state index is -0.437. The van der Waals surface area contributed by atoms with Crippen molar-refractivity contribution in [2.75, 3.05) is 6.54 Å². The van der Waals surface area contributed by atoms with Crippen molar-refractivity contribution >= 4 is 35.8 Å². The zero-order valence-corrected chi connectivity index (χ0v) is 12.7. The molecule has 0 atom stereocenters. The summed E-state index contributed by atoms with van der Waals surface area (Å²) in [5.74, 6) is -0.0239. The second kappa shape index (κ2) is 8.73. The predicted octanol–water partition coefficient (Wildman–Crippen LogP) is 1.22. The van der Waals surface area contributed by atoms with Crippen LogP contribution in [-0.4, -0.2) is 18.4 Å². The first-order valence-electron chi connectivity index (χ1n) is 5.56. The molecule has 0 spiro atoms. The van der Waals surface area contributed by atoms with Crippen LogP contribution in [0.5, 0.6) is 0 Å². The number of nitrogens with one attached hydrogen (secondary N) is 1. The molecule has 1 aromatic carbocycles. The highest BCUT2D eigenvalue weighted by molar-refractivity contribution is 14.0. The van der Waals surface area contributed by atoms with Crippen molar-refractivity contribution in [2.45, 2.75) is 19.9 Å². The Labute approximate surface area is 124 Å². The molecule has 1 aromatic rings. The summed E-state index contributed by atoms with van der Waals surface area (Å²) in [7, 11) is 0. The Morgan fingerprint density at radius 2 is 2.11 bits per heavy atom. The molecule has 100 valence electrons. The Balaban J connectivity index is 0.00000289. The number of carbonyl (C=O) groups excluding carboxylic acids is 1. The van der Waals surface area contributed by atoms with Gasteiger partial charge in [-0.2, -0.15) is 0 Å². The molecule has 0 fully saturated rings. The lowest BCUT2D eigenvalue weighted by atomic mass is 10.1. The topological polar surface area (TPSA) is 93.5 Å². The van der Waals surface area contributed by atoms with E-state index in [2.05, 4.69) is 17.2 Å². The maximum absolute atomic E-state index is 11.0. The fraction of sp³-hybridized carbons (Fsp3) is 0.333. The summed E-state index contributed by atoms with van der Waals surface area (Å²) in [5.41, 5.74) is 12.2. The summed E-state index contributed by atoms with van der Waals surface area (Å²) >= 11 is 0. The van der Waals surface area contributed by atoms with Gasteiger partial charge in [-0.05, 0) is 24.1 Å². The average Bonchev–Trinajstić information content (AvgIpc) is 2.34. The van der Waals surface area contributed by atoms with Crippen LogP contribution < -0.4 is 16.8 Å². The molecule has 6 heteroatoms. The third-order valence-electron chi connectivity index (χ3n) is 2.20. The van der Waals surface area contributed by atoms with Crippen molar-refractivity contribution < 1.29 is 4.79 Å². The van der Waals surface area contributed by atoms with Crippen molar-refractivity contribution in [1.82, 2.24) is 5.32 Å². The first-order valence-corrected chi connectivity index (χ1v) is 5.56. The number of carbonyl (C=O) groups is 1. The van der Waals surface area contributed by atoms with E-state index >= 15 is 0 Å². The number of aliphatic imine (C=N–C) groups is 1. The number of nitrogens with zero attached hydrogens (tertiary/aromatic N) is 1. The lowest BCUT2D eigenvalue weighted by Crippen LogP contribution is -2.32. The maximum atomic E-state index is 11.0. The molecule has 18 heavy (non-hydrogen) atoms. The van der Waals surface area contributed by atoms with Crippen LogP contribution in [0, 0.1) is 0 Å². The van der Waals surface area contributed by atoms with Crippen LogP contribution in [0.15, 0.2) is 29.3 Å². The van der Waals surface area contributed by atoms with Crippen molar-refractivity contribution in [3.8, 4) is 0 Å². The van der Waals surface area contributed by atoms with Gasteiger partial charge < -0.3 is 16.8 Å². The SMILES string of the molecule is CCCNC(N)=NCc1cccc(C(N)=O)c1.I. The number of guanidine groups is 1. The Morgan fingerprint density at radius 3 is 2.72 bits per heavy atom. The van der Waals surface area contributed by atoms with Crippen molar-refractivity contribution in [3.63, 3.8) is 0 Å². The van der Waals surface area contributed by atoms with E-state index in [1.54, 1.807) is 18.2 Å². The second-order valence-electron chi connectivity index (χ2n) is 3.69. The summed E-state index contributed by atoms with van der Waals surface area (Å²) in [6, 6.07) is 7.05. The van der Waals surface area contributed by atoms with Gasteiger partial charge in [0.15, 0.2) is 5.96 Å². The number of primary amides is 1. The zero-order valence-electron chi connectivity index (χ0n) is 10.3. The molecule has 0 radical (unpaired) electrons. The van der Waals surface area contributed by atoms with E-state index < -0.39 is 5.91 Å². The van der Waals surface area contributed by atoms with Crippen LogP contribution in [0.3, 0.4) is 0 Å². The number of benzene rings is 1. The lowest BCUT2D eigenvalue weighted by molar-refractivity contribution is 0.1000. The first-order chi connectivity index (χ1) is 8.13. The number of rotatable bonds is 5. The van der Waals surface area contributed by atoms with Crippen molar-refractivity contribution in [3.05, 3.63) is 35.4 Å². The fourth-order valence-corrected chi connectivity index (χ4v) is 1.31. The van der Waals surface area contributed by atoms with Gasteiger partial charge in [0, 0.05) is 12.1 Å². The summed E-state index contributed by atoms with van der Waals surface area (Å²) in [4.78, 5) is 15.1. The van der Waals surface area contributed by atoms with E-state index in [0.29, 0.717) is 18.1 Å². The highest BCUT2D eigenvalue weighted by Crippen LogP contribution is 2.05. The molecule has 5 N–H and O–H groups in total. The molecule has 0 aliphatic carbocycles.